The monoisotopic (exact) mass is 466 g/mol. The summed E-state index contributed by atoms with van der Waals surface area (Å²) in [6.07, 6.45) is 2.17. The molecule has 1 fully saturated rings. The fraction of sp³-hybridized carbons (Fsp3) is 0.333. The number of ether oxygens (including phenoxy) is 2. The van der Waals surface area contributed by atoms with E-state index in [1.54, 1.807) is 6.07 Å². The van der Waals surface area contributed by atoms with Crippen LogP contribution < -0.4 is 10.1 Å². The minimum atomic E-state index is -0.689. The van der Waals surface area contributed by atoms with Crippen molar-refractivity contribution in [1.82, 2.24) is 14.9 Å². The maximum absolute atomic E-state index is 14.4. The predicted molar refractivity (Wildman–Crippen MR) is 118 cm³/mol. The van der Waals surface area contributed by atoms with Gasteiger partial charge in [0.15, 0.2) is 17.3 Å². The molecule has 1 aromatic heterocycles. The van der Waals surface area contributed by atoms with Gasteiger partial charge in [0.05, 0.1) is 41.1 Å². The van der Waals surface area contributed by atoms with Crippen molar-refractivity contribution in [2.75, 3.05) is 44.8 Å². The zero-order valence-electron chi connectivity index (χ0n) is 16.6. The van der Waals surface area contributed by atoms with E-state index < -0.39 is 5.82 Å². The normalized spacial score (nSPS) is 14.7. The lowest BCUT2D eigenvalue weighted by atomic mass is 10.2. The standard InChI is InChI=1S/C21H21Cl2FN4O3/c22-14-2-3-15(20(24)19(14)23)27-21-13-10-17(29)18(11-16(13)25-12-26-21)31-7-1-4-28-5-8-30-9-6-28/h2-3,10-12,29H,1,4-9H2,(H,25,26,27). The topological polar surface area (TPSA) is 79.7 Å². The van der Waals surface area contributed by atoms with Crippen LogP contribution in [-0.4, -0.2) is 59.4 Å². The first kappa shape index (κ1) is 21.8. The summed E-state index contributed by atoms with van der Waals surface area (Å²) in [5.41, 5.74) is 0.649. The fourth-order valence-corrected chi connectivity index (χ4v) is 3.64. The van der Waals surface area contributed by atoms with Crippen molar-refractivity contribution in [3.8, 4) is 11.5 Å². The van der Waals surface area contributed by atoms with Crippen LogP contribution in [0.4, 0.5) is 15.9 Å². The van der Waals surface area contributed by atoms with Gasteiger partial charge in [0.2, 0.25) is 0 Å². The number of phenols is 1. The Kier molecular flexibility index (Phi) is 6.92. The van der Waals surface area contributed by atoms with Crippen molar-refractivity contribution in [3.63, 3.8) is 0 Å². The van der Waals surface area contributed by atoms with Crippen LogP contribution in [0.15, 0.2) is 30.6 Å². The third kappa shape index (κ3) is 5.10. The van der Waals surface area contributed by atoms with Crippen molar-refractivity contribution >= 4 is 45.6 Å². The molecule has 31 heavy (non-hydrogen) atoms. The molecule has 2 aromatic carbocycles. The second-order valence-electron chi connectivity index (χ2n) is 7.06. The molecule has 0 radical (unpaired) electrons. The molecule has 2 N–H and O–H groups in total. The number of phenolic OH excluding ortho intramolecular Hbond substituents is 1. The van der Waals surface area contributed by atoms with Crippen molar-refractivity contribution in [3.05, 3.63) is 46.5 Å². The molecule has 2 heterocycles. The molecule has 0 atom stereocenters. The number of fused-ring (bicyclic) bond motifs is 1. The average molecular weight is 467 g/mol. The van der Waals surface area contributed by atoms with Gasteiger partial charge < -0.3 is 19.9 Å². The van der Waals surface area contributed by atoms with Crippen molar-refractivity contribution in [2.24, 2.45) is 0 Å². The Bertz CT molecular complexity index is 1080. The Morgan fingerprint density at radius 2 is 2.00 bits per heavy atom. The molecular formula is C21H21Cl2FN4O3. The smallest absolute Gasteiger partial charge is 0.166 e. The molecule has 164 valence electrons. The third-order valence-corrected chi connectivity index (χ3v) is 5.77. The van der Waals surface area contributed by atoms with E-state index in [1.807, 2.05) is 0 Å². The Morgan fingerprint density at radius 1 is 1.19 bits per heavy atom. The van der Waals surface area contributed by atoms with E-state index >= 15 is 0 Å². The zero-order valence-corrected chi connectivity index (χ0v) is 18.1. The van der Waals surface area contributed by atoms with Crippen molar-refractivity contribution in [1.29, 1.82) is 0 Å². The molecule has 0 unspecified atom stereocenters. The second kappa shape index (κ2) is 9.82. The number of halogens is 3. The molecule has 0 spiro atoms. The lowest BCUT2D eigenvalue weighted by Gasteiger charge is -2.26. The molecule has 1 saturated heterocycles. The summed E-state index contributed by atoms with van der Waals surface area (Å²) in [5, 5.41) is 13.8. The van der Waals surface area contributed by atoms with Crippen LogP contribution >= 0.6 is 23.2 Å². The van der Waals surface area contributed by atoms with Gasteiger partial charge in [-0.05, 0) is 24.6 Å². The van der Waals surface area contributed by atoms with E-state index in [0.29, 0.717) is 29.1 Å². The van der Waals surface area contributed by atoms with Crippen LogP contribution in [0.2, 0.25) is 10.0 Å². The number of aromatic nitrogens is 2. The number of morpholine rings is 1. The van der Waals surface area contributed by atoms with E-state index in [9.17, 15) is 9.50 Å². The number of hydrogen-bond donors (Lipinski definition) is 2. The number of rotatable bonds is 7. The first-order chi connectivity index (χ1) is 15.0. The Balaban J connectivity index is 1.47. The Hall–Kier alpha value is -2.39. The van der Waals surface area contributed by atoms with Gasteiger partial charge in [-0.3, -0.25) is 4.90 Å². The second-order valence-corrected chi connectivity index (χ2v) is 7.85. The van der Waals surface area contributed by atoms with Gasteiger partial charge in [0.25, 0.3) is 0 Å². The van der Waals surface area contributed by atoms with E-state index in [2.05, 4.69) is 20.2 Å². The van der Waals surface area contributed by atoms with Crippen LogP contribution in [-0.2, 0) is 4.74 Å². The molecular weight excluding hydrogens is 446 g/mol. The molecule has 0 bridgehead atoms. The average Bonchev–Trinajstić information content (AvgIpc) is 2.78. The third-order valence-electron chi connectivity index (χ3n) is 4.98. The summed E-state index contributed by atoms with van der Waals surface area (Å²) in [6, 6.07) is 6.07. The molecule has 1 aliphatic rings. The Morgan fingerprint density at radius 3 is 2.81 bits per heavy atom. The first-order valence-corrected chi connectivity index (χ1v) is 10.6. The van der Waals surface area contributed by atoms with E-state index in [4.69, 9.17) is 32.7 Å². The highest BCUT2D eigenvalue weighted by Gasteiger charge is 2.15. The SMILES string of the molecule is Oc1cc2c(Nc3ccc(Cl)c(Cl)c3F)ncnc2cc1OCCCN1CCOCC1. The number of nitrogens with one attached hydrogen (secondary N) is 1. The van der Waals surface area contributed by atoms with Gasteiger partial charge in [-0.25, -0.2) is 14.4 Å². The number of anilines is 2. The van der Waals surface area contributed by atoms with Crippen LogP contribution in [0, 0.1) is 5.82 Å². The molecule has 0 saturated carbocycles. The van der Waals surface area contributed by atoms with Crippen LogP contribution in [0.25, 0.3) is 10.9 Å². The van der Waals surface area contributed by atoms with Gasteiger partial charge in [-0.15, -0.1) is 0 Å². The summed E-state index contributed by atoms with van der Waals surface area (Å²) in [5.74, 6) is -0.0898. The van der Waals surface area contributed by atoms with Gasteiger partial charge >= 0.3 is 0 Å². The van der Waals surface area contributed by atoms with Gasteiger partial charge in [-0.1, -0.05) is 23.2 Å². The lowest BCUT2D eigenvalue weighted by Crippen LogP contribution is -2.37. The van der Waals surface area contributed by atoms with Crippen LogP contribution in [0.3, 0.4) is 0 Å². The largest absolute Gasteiger partial charge is 0.504 e. The van der Waals surface area contributed by atoms with E-state index in [-0.39, 0.29) is 21.5 Å². The van der Waals surface area contributed by atoms with E-state index in [1.165, 1.54) is 24.5 Å². The van der Waals surface area contributed by atoms with Crippen molar-refractivity contribution < 1.29 is 19.0 Å². The fourth-order valence-electron chi connectivity index (χ4n) is 3.33. The number of benzene rings is 2. The number of aromatic hydroxyl groups is 1. The molecule has 3 aromatic rings. The minimum absolute atomic E-state index is 0.0497. The van der Waals surface area contributed by atoms with Crippen LogP contribution in [0.1, 0.15) is 6.42 Å². The van der Waals surface area contributed by atoms with Gasteiger partial charge in [0, 0.05) is 31.1 Å². The summed E-state index contributed by atoms with van der Waals surface area (Å²) in [4.78, 5) is 10.7. The summed E-state index contributed by atoms with van der Waals surface area (Å²) in [6.45, 7) is 4.73. The zero-order chi connectivity index (χ0) is 21.8. The summed E-state index contributed by atoms with van der Waals surface area (Å²) < 4.78 is 25.5. The number of hydrogen-bond acceptors (Lipinski definition) is 7. The highest BCUT2D eigenvalue weighted by atomic mass is 35.5. The molecule has 4 rings (SSSR count). The number of nitrogens with zero attached hydrogens (tertiary/aromatic N) is 3. The first-order valence-electron chi connectivity index (χ1n) is 9.84. The molecule has 1 aliphatic heterocycles. The molecule has 0 aliphatic carbocycles. The minimum Gasteiger partial charge on any atom is -0.504 e. The summed E-state index contributed by atoms with van der Waals surface area (Å²) >= 11 is 11.7. The maximum atomic E-state index is 14.4. The maximum Gasteiger partial charge on any atom is 0.166 e. The quantitative estimate of drug-likeness (QED) is 0.388. The molecule has 7 nitrogen and oxygen atoms in total. The van der Waals surface area contributed by atoms with E-state index in [0.717, 1.165) is 39.3 Å². The predicted octanol–water partition coefficient (Wildman–Crippen LogP) is 4.63. The molecule has 10 heteroatoms. The summed E-state index contributed by atoms with van der Waals surface area (Å²) in [7, 11) is 0. The highest BCUT2D eigenvalue weighted by molar-refractivity contribution is 6.42. The highest BCUT2D eigenvalue weighted by Crippen LogP contribution is 2.36. The molecule has 0 amide bonds. The lowest BCUT2D eigenvalue weighted by molar-refractivity contribution is 0.0357. The van der Waals surface area contributed by atoms with Gasteiger partial charge in [0.1, 0.15) is 12.1 Å². The van der Waals surface area contributed by atoms with Gasteiger partial charge in [-0.2, -0.15) is 0 Å². The van der Waals surface area contributed by atoms with Crippen molar-refractivity contribution in [2.45, 2.75) is 6.42 Å². The van der Waals surface area contributed by atoms with Crippen LogP contribution in [0.5, 0.6) is 11.5 Å². The Labute approximate surface area is 188 Å².